The Morgan fingerprint density at radius 2 is 1.88 bits per heavy atom. The van der Waals surface area contributed by atoms with Crippen LogP contribution in [0.15, 0.2) is 48.7 Å². The van der Waals surface area contributed by atoms with Crippen LogP contribution in [0.1, 0.15) is 11.5 Å². The Kier molecular flexibility index (Phi) is 2.37. The molecule has 3 aromatic rings. The fraction of sp³-hybridized carbons (Fsp3) is 0.143. The Hall–Kier alpha value is -2.16. The molecule has 0 aliphatic rings. The number of hydrogen-bond acceptors (Lipinski definition) is 2. The van der Waals surface area contributed by atoms with Crippen LogP contribution in [0.5, 0.6) is 0 Å². The first-order valence-corrected chi connectivity index (χ1v) is 5.66. The monoisotopic (exact) mass is 223 g/mol. The largest absolute Gasteiger partial charge is 0.322 e. The standard InChI is InChI=1S/C14H13N3/c1-11-16-13-7-2-3-8-14(13)17(11)10-12-6-4-5-9-15-12/h2-9H,10H2,1H3. The summed E-state index contributed by atoms with van der Waals surface area (Å²) in [6.45, 7) is 2.80. The Labute approximate surface area is 99.8 Å². The molecule has 0 radical (unpaired) electrons. The topological polar surface area (TPSA) is 30.7 Å². The van der Waals surface area contributed by atoms with Gasteiger partial charge >= 0.3 is 0 Å². The van der Waals surface area contributed by atoms with E-state index in [1.54, 1.807) is 0 Å². The highest BCUT2D eigenvalue weighted by Gasteiger charge is 2.06. The zero-order valence-electron chi connectivity index (χ0n) is 9.67. The molecule has 0 bridgehead atoms. The summed E-state index contributed by atoms with van der Waals surface area (Å²) < 4.78 is 2.19. The van der Waals surface area contributed by atoms with Gasteiger partial charge in [-0.05, 0) is 31.2 Å². The van der Waals surface area contributed by atoms with Gasteiger partial charge in [0, 0.05) is 6.20 Å². The lowest BCUT2D eigenvalue weighted by Gasteiger charge is -2.05. The number of hydrogen-bond donors (Lipinski definition) is 0. The molecule has 3 rings (SSSR count). The van der Waals surface area contributed by atoms with E-state index in [-0.39, 0.29) is 0 Å². The van der Waals surface area contributed by atoms with E-state index in [2.05, 4.69) is 20.6 Å². The van der Waals surface area contributed by atoms with Crippen LogP contribution in [0.25, 0.3) is 11.0 Å². The second-order valence-electron chi connectivity index (χ2n) is 4.05. The summed E-state index contributed by atoms with van der Waals surface area (Å²) in [6.07, 6.45) is 1.82. The smallest absolute Gasteiger partial charge is 0.107 e. The third kappa shape index (κ3) is 1.80. The molecule has 0 N–H and O–H groups in total. The van der Waals surface area contributed by atoms with Crippen LogP contribution in [-0.4, -0.2) is 14.5 Å². The number of pyridine rings is 1. The highest BCUT2D eigenvalue weighted by Crippen LogP contribution is 2.16. The van der Waals surface area contributed by atoms with Crippen molar-refractivity contribution in [1.29, 1.82) is 0 Å². The van der Waals surface area contributed by atoms with Crippen LogP contribution in [-0.2, 0) is 6.54 Å². The van der Waals surface area contributed by atoms with Gasteiger partial charge in [0.15, 0.2) is 0 Å². The predicted octanol–water partition coefficient (Wildman–Crippen LogP) is 2.79. The zero-order valence-corrected chi connectivity index (χ0v) is 9.67. The maximum absolute atomic E-state index is 4.54. The Balaban J connectivity index is 2.08. The van der Waals surface area contributed by atoms with Crippen molar-refractivity contribution in [3.8, 4) is 0 Å². The Morgan fingerprint density at radius 1 is 1.06 bits per heavy atom. The summed E-state index contributed by atoms with van der Waals surface area (Å²) in [5, 5.41) is 0. The van der Waals surface area contributed by atoms with Gasteiger partial charge in [0.05, 0.1) is 23.3 Å². The second-order valence-corrected chi connectivity index (χ2v) is 4.05. The van der Waals surface area contributed by atoms with E-state index in [0.717, 1.165) is 29.1 Å². The summed E-state index contributed by atoms with van der Waals surface area (Å²) in [5.74, 6) is 1.02. The maximum atomic E-state index is 4.54. The van der Waals surface area contributed by atoms with E-state index < -0.39 is 0 Å². The van der Waals surface area contributed by atoms with Crippen LogP contribution in [0.2, 0.25) is 0 Å². The molecule has 0 fully saturated rings. The first-order chi connectivity index (χ1) is 8.34. The van der Waals surface area contributed by atoms with E-state index in [1.165, 1.54) is 0 Å². The molecule has 3 heteroatoms. The average Bonchev–Trinajstić information content (AvgIpc) is 2.68. The van der Waals surface area contributed by atoms with Crippen LogP contribution >= 0.6 is 0 Å². The number of fused-ring (bicyclic) bond motifs is 1. The van der Waals surface area contributed by atoms with Crippen LogP contribution in [0.3, 0.4) is 0 Å². The molecule has 2 heterocycles. The molecule has 3 nitrogen and oxygen atoms in total. The maximum Gasteiger partial charge on any atom is 0.107 e. The third-order valence-corrected chi connectivity index (χ3v) is 2.89. The Morgan fingerprint density at radius 3 is 2.71 bits per heavy atom. The summed E-state index contributed by atoms with van der Waals surface area (Å²) in [5.41, 5.74) is 3.26. The number of benzene rings is 1. The van der Waals surface area contributed by atoms with Crippen LogP contribution in [0, 0.1) is 6.92 Å². The van der Waals surface area contributed by atoms with Crippen molar-refractivity contribution >= 4 is 11.0 Å². The summed E-state index contributed by atoms with van der Waals surface area (Å²) in [7, 11) is 0. The first kappa shape index (κ1) is 10.0. The lowest BCUT2D eigenvalue weighted by Crippen LogP contribution is -2.03. The fourth-order valence-electron chi connectivity index (χ4n) is 2.05. The molecule has 0 amide bonds. The minimum Gasteiger partial charge on any atom is -0.322 e. The molecule has 1 aromatic carbocycles. The number of para-hydroxylation sites is 2. The Bertz CT molecular complexity index is 641. The van der Waals surface area contributed by atoms with E-state index in [1.807, 2.05) is 49.5 Å². The lowest BCUT2D eigenvalue weighted by molar-refractivity contribution is 0.764. The van der Waals surface area contributed by atoms with Gasteiger partial charge in [0.25, 0.3) is 0 Å². The van der Waals surface area contributed by atoms with Crippen molar-refractivity contribution in [2.75, 3.05) is 0 Å². The lowest BCUT2D eigenvalue weighted by atomic mass is 10.3. The van der Waals surface area contributed by atoms with Crippen molar-refractivity contribution < 1.29 is 0 Å². The minimum absolute atomic E-state index is 0.771. The molecule has 0 aliphatic heterocycles. The minimum atomic E-state index is 0.771. The predicted molar refractivity (Wildman–Crippen MR) is 67.8 cm³/mol. The van der Waals surface area contributed by atoms with Gasteiger partial charge in [-0.3, -0.25) is 4.98 Å². The highest BCUT2D eigenvalue weighted by atomic mass is 15.1. The molecule has 0 aliphatic carbocycles. The molecule has 84 valence electrons. The molecule has 0 atom stereocenters. The van der Waals surface area contributed by atoms with Crippen molar-refractivity contribution in [1.82, 2.24) is 14.5 Å². The molecule has 17 heavy (non-hydrogen) atoms. The normalized spacial score (nSPS) is 10.9. The zero-order chi connectivity index (χ0) is 11.7. The van der Waals surface area contributed by atoms with Gasteiger partial charge in [0.2, 0.25) is 0 Å². The summed E-state index contributed by atoms with van der Waals surface area (Å²) in [4.78, 5) is 8.90. The van der Waals surface area contributed by atoms with Crippen molar-refractivity contribution in [2.45, 2.75) is 13.5 Å². The van der Waals surface area contributed by atoms with E-state index in [0.29, 0.717) is 0 Å². The van der Waals surface area contributed by atoms with Gasteiger partial charge < -0.3 is 4.57 Å². The number of aryl methyl sites for hydroxylation is 1. The van der Waals surface area contributed by atoms with Crippen molar-refractivity contribution in [2.24, 2.45) is 0 Å². The van der Waals surface area contributed by atoms with E-state index >= 15 is 0 Å². The third-order valence-electron chi connectivity index (χ3n) is 2.89. The molecule has 0 spiro atoms. The summed E-state index contributed by atoms with van der Waals surface area (Å²) >= 11 is 0. The average molecular weight is 223 g/mol. The number of nitrogens with zero attached hydrogens (tertiary/aromatic N) is 3. The van der Waals surface area contributed by atoms with Gasteiger partial charge in [0.1, 0.15) is 5.82 Å². The molecular formula is C14H13N3. The van der Waals surface area contributed by atoms with Gasteiger partial charge in [-0.2, -0.15) is 0 Å². The molecular weight excluding hydrogens is 210 g/mol. The van der Waals surface area contributed by atoms with Crippen LogP contribution in [0.4, 0.5) is 0 Å². The van der Waals surface area contributed by atoms with Gasteiger partial charge in [-0.25, -0.2) is 4.98 Å². The van der Waals surface area contributed by atoms with Gasteiger partial charge in [-0.1, -0.05) is 18.2 Å². The number of imidazole rings is 1. The quantitative estimate of drug-likeness (QED) is 0.668. The van der Waals surface area contributed by atoms with Gasteiger partial charge in [-0.15, -0.1) is 0 Å². The van der Waals surface area contributed by atoms with Crippen LogP contribution < -0.4 is 0 Å². The van der Waals surface area contributed by atoms with Crippen molar-refractivity contribution in [3.05, 3.63) is 60.2 Å². The molecule has 0 saturated carbocycles. The molecule has 0 saturated heterocycles. The van der Waals surface area contributed by atoms with E-state index in [9.17, 15) is 0 Å². The van der Waals surface area contributed by atoms with E-state index in [4.69, 9.17) is 0 Å². The SMILES string of the molecule is Cc1nc2ccccc2n1Cc1ccccn1. The molecule has 2 aromatic heterocycles. The number of aromatic nitrogens is 3. The molecule has 0 unspecified atom stereocenters. The fourth-order valence-corrected chi connectivity index (χ4v) is 2.05. The first-order valence-electron chi connectivity index (χ1n) is 5.66. The second kappa shape index (κ2) is 4.01. The number of rotatable bonds is 2. The highest BCUT2D eigenvalue weighted by molar-refractivity contribution is 5.75. The van der Waals surface area contributed by atoms with Crippen molar-refractivity contribution in [3.63, 3.8) is 0 Å². The summed E-state index contributed by atoms with van der Waals surface area (Å²) in [6, 6.07) is 14.2.